The van der Waals surface area contributed by atoms with Crippen molar-refractivity contribution < 1.29 is 14.1 Å². The van der Waals surface area contributed by atoms with Gasteiger partial charge >= 0.3 is 0 Å². The van der Waals surface area contributed by atoms with Crippen LogP contribution in [0.4, 0.5) is 10.1 Å². The molecule has 2 N–H and O–H groups in total. The molecule has 0 unspecified atom stereocenters. The zero-order valence-corrected chi connectivity index (χ0v) is 14.9. The molecule has 8 heteroatoms. The van der Waals surface area contributed by atoms with Crippen molar-refractivity contribution in [1.82, 2.24) is 4.90 Å². The molecule has 1 aliphatic heterocycles. The lowest BCUT2D eigenvalue weighted by molar-refractivity contribution is -0.385. The van der Waals surface area contributed by atoms with E-state index in [1.165, 1.54) is 11.8 Å². The molecular weight excluding hydrogens is 361 g/mol. The minimum Gasteiger partial charge on any atom is -0.336 e. The fourth-order valence-corrected chi connectivity index (χ4v) is 3.36. The van der Waals surface area contributed by atoms with E-state index in [4.69, 9.17) is 5.73 Å². The molecule has 0 radical (unpaired) electrons. The van der Waals surface area contributed by atoms with Gasteiger partial charge in [-0.3, -0.25) is 14.9 Å². The lowest BCUT2D eigenvalue weighted by atomic mass is 9.95. The first kappa shape index (κ1) is 19.8. The summed E-state index contributed by atoms with van der Waals surface area (Å²) >= 11 is 0. The van der Waals surface area contributed by atoms with E-state index < -0.39 is 16.6 Å². The van der Waals surface area contributed by atoms with Crippen LogP contribution in [0.2, 0.25) is 0 Å². The van der Waals surface area contributed by atoms with E-state index in [0.29, 0.717) is 6.54 Å². The Bertz CT molecular complexity index is 832. The highest BCUT2D eigenvalue weighted by molar-refractivity contribution is 5.99. The van der Waals surface area contributed by atoms with Gasteiger partial charge in [-0.1, -0.05) is 30.3 Å². The predicted molar refractivity (Wildman–Crippen MR) is 98.1 cm³/mol. The number of halogens is 2. The highest BCUT2D eigenvalue weighted by Gasteiger charge is 2.36. The first-order chi connectivity index (χ1) is 11.9. The fourth-order valence-electron chi connectivity index (χ4n) is 3.36. The number of nitro groups is 1. The van der Waals surface area contributed by atoms with E-state index in [9.17, 15) is 19.3 Å². The highest BCUT2D eigenvalue weighted by atomic mass is 35.5. The summed E-state index contributed by atoms with van der Waals surface area (Å²) in [5.74, 6) is -1.29. The third kappa shape index (κ3) is 3.68. The second kappa shape index (κ2) is 7.80. The summed E-state index contributed by atoms with van der Waals surface area (Å²) in [6.07, 6.45) is 0. The van der Waals surface area contributed by atoms with Crippen LogP contribution in [-0.4, -0.2) is 34.9 Å². The molecule has 26 heavy (non-hydrogen) atoms. The smallest absolute Gasteiger partial charge is 0.285 e. The molecular formula is C18H19ClFN3O3. The molecule has 2 aromatic rings. The third-order valence-corrected chi connectivity index (χ3v) is 4.56. The predicted octanol–water partition coefficient (Wildman–Crippen LogP) is 3.03. The molecule has 2 atom stereocenters. The molecule has 1 fully saturated rings. The zero-order chi connectivity index (χ0) is 18.1. The van der Waals surface area contributed by atoms with Crippen molar-refractivity contribution in [3.05, 3.63) is 75.1 Å². The van der Waals surface area contributed by atoms with Crippen molar-refractivity contribution >= 4 is 24.0 Å². The van der Waals surface area contributed by atoms with E-state index in [-0.39, 0.29) is 47.7 Å². The Hall–Kier alpha value is -2.51. The number of aryl methyl sites for hydroxylation is 1. The first-order valence-corrected chi connectivity index (χ1v) is 7.93. The van der Waals surface area contributed by atoms with Crippen LogP contribution in [-0.2, 0) is 0 Å². The van der Waals surface area contributed by atoms with Gasteiger partial charge in [-0.15, -0.1) is 12.4 Å². The second-order valence-electron chi connectivity index (χ2n) is 6.27. The van der Waals surface area contributed by atoms with E-state index in [0.717, 1.165) is 17.7 Å². The van der Waals surface area contributed by atoms with Crippen molar-refractivity contribution in [3.8, 4) is 0 Å². The SMILES string of the molecule is Cc1cc(F)cc(C(=O)N2C[C@@H](N)[C@H](c3ccccc3)C2)c1[N+](=O)[O-].Cl. The molecule has 138 valence electrons. The standard InChI is InChI=1S/C18H18FN3O3.ClH/c1-11-7-13(19)8-14(17(11)22(24)25)18(23)21-9-15(16(20)10-21)12-5-3-2-4-6-12;/h2-8,15-16H,9-10,20H2,1H3;1H/t15-,16+;/m0./s1. The van der Waals surface area contributed by atoms with Crippen LogP contribution in [0.25, 0.3) is 0 Å². The Morgan fingerprint density at radius 3 is 2.54 bits per heavy atom. The molecule has 0 bridgehead atoms. The summed E-state index contributed by atoms with van der Waals surface area (Å²) in [7, 11) is 0. The number of benzene rings is 2. The number of amides is 1. The Morgan fingerprint density at radius 1 is 1.27 bits per heavy atom. The number of rotatable bonds is 3. The summed E-state index contributed by atoms with van der Waals surface area (Å²) in [6.45, 7) is 2.03. The monoisotopic (exact) mass is 379 g/mol. The molecule has 0 saturated carbocycles. The fraction of sp³-hybridized carbons (Fsp3) is 0.278. The van der Waals surface area contributed by atoms with Crippen molar-refractivity contribution in [1.29, 1.82) is 0 Å². The number of carbonyl (C=O) groups excluding carboxylic acids is 1. The van der Waals surface area contributed by atoms with Crippen LogP contribution in [0.15, 0.2) is 42.5 Å². The Balaban J connectivity index is 0.00000243. The van der Waals surface area contributed by atoms with Crippen molar-refractivity contribution in [3.63, 3.8) is 0 Å². The molecule has 0 aromatic heterocycles. The Kier molecular flexibility index (Phi) is 5.94. The van der Waals surface area contributed by atoms with Crippen LogP contribution in [0.5, 0.6) is 0 Å². The van der Waals surface area contributed by atoms with E-state index >= 15 is 0 Å². The van der Waals surface area contributed by atoms with E-state index in [2.05, 4.69) is 0 Å². The van der Waals surface area contributed by atoms with Crippen molar-refractivity contribution in [2.45, 2.75) is 18.9 Å². The van der Waals surface area contributed by atoms with Gasteiger partial charge in [0, 0.05) is 30.6 Å². The van der Waals surface area contributed by atoms with Crippen molar-refractivity contribution in [2.75, 3.05) is 13.1 Å². The topological polar surface area (TPSA) is 89.5 Å². The van der Waals surface area contributed by atoms with Gasteiger partial charge in [0.2, 0.25) is 0 Å². The molecule has 1 heterocycles. The maximum atomic E-state index is 13.7. The Labute approximate surface area is 156 Å². The number of carbonyl (C=O) groups is 1. The minimum atomic E-state index is -0.672. The summed E-state index contributed by atoms with van der Waals surface area (Å²) in [5, 5.41) is 11.3. The highest BCUT2D eigenvalue weighted by Crippen LogP contribution is 2.31. The number of nitrogens with zero attached hydrogens (tertiary/aromatic N) is 2. The molecule has 1 aliphatic rings. The number of nitrogens with two attached hydrogens (primary N) is 1. The van der Waals surface area contributed by atoms with Gasteiger partial charge in [-0.05, 0) is 24.6 Å². The van der Waals surface area contributed by atoms with Gasteiger partial charge in [0.15, 0.2) is 0 Å². The number of hydrogen-bond donors (Lipinski definition) is 1. The number of hydrogen-bond acceptors (Lipinski definition) is 4. The average molecular weight is 380 g/mol. The third-order valence-electron chi connectivity index (χ3n) is 4.56. The Morgan fingerprint density at radius 2 is 1.92 bits per heavy atom. The van der Waals surface area contributed by atoms with Gasteiger partial charge < -0.3 is 10.6 Å². The largest absolute Gasteiger partial charge is 0.336 e. The molecule has 0 spiro atoms. The van der Waals surface area contributed by atoms with E-state index in [1.54, 1.807) is 0 Å². The maximum absolute atomic E-state index is 13.7. The van der Waals surface area contributed by atoms with Crippen molar-refractivity contribution in [2.24, 2.45) is 5.73 Å². The van der Waals surface area contributed by atoms with Crippen LogP contribution < -0.4 is 5.73 Å². The van der Waals surface area contributed by atoms with Gasteiger partial charge in [0.1, 0.15) is 11.4 Å². The molecule has 2 aromatic carbocycles. The number of likely N-dealkylation sites (tertiary alicyclic amines) is 1. The summed E-state index contributed by atoms with van der Waals surface area (Å²) in [6, 6.07) is 11.3. The van der Waals surface area contributed by atoms with Gasteiger partial charge in [0.05, 0.1) is 4.92 Å². The maximum Gasteiger partial charge on any atom is 0.285 e. The molecule has 0 aliphatic carbocycles. The first-order valence-electron chi connectivity index (χ1n) is 7.93. The van der Waals surface area contributed by atoms with Gasteiger partial charge in [0.25, 0.3) is 11.6 Å². The summed E-state index contributed by atoms with van der Waals surface area (Å²) in [4.78, 5) is 24.9. The van der Waals surface area contributed by atoms with Gasteiger partial charge in [-0.2, -0.15) is 0 Å². The van der Waals surface area contributed by atoms with Crippen LogP contribution in [0.3, 0.4) is 0 Å². The average Bonchev–Trinajstić information content (AvgIpc) is 2.95. The zero-order valence-electron chi connectivity index (χ0n) is 14.1. The summed E-state index contributed by atoms with van der Waals surface area (Å²) < 4.78 is 13.7. The van der Waals surface area contributed by atoms with Crippen LogP contribution in [0, 0.1) is 22.9 Å². The molecule has 1 saturated heterocycles. The summed E-state index contributed by atoms with van der Waals surface area (Å²) in [5.41, 5.74) is 6.71. The molecule has 3 rings (SSSR count). The normalized spacial score (nSPS) is 19.1. The molecule has 6 nitrogen and oxygen atoms in total. The lowest BCUT2D eigenvalue weighted by Gasteiger charge is -2.17. The van der Waals surface area contributed by atoms with Crippen LogP contribution in [0.1, 0.15) is 27.4 Å². The van der Waals surface area contributed by atoms with Crippen LogP contribution >= 0.6 is 12.4 Å². The minimum absolute atomic E-state index is 0. The lowest BCUT2D eigenvalue weighted by Crippen LogP contribution is -2.32. The second-order valence-corrected chi connectivity index (χ2v) is 6.27. The number of nitro benzene ring substituents is 1. The van der Waals surface area contributed by atoms with E-state index in [1.807, 2.05) is 30.3 Å². The van der Waals surface area contributed by atoms with Gasteiger partial charge in [-0.25, -0.2) is 4.39 Å². The quantitative estimate of drug-likeness (QED) is 0.655. The molecule has 1 amide bonds.